The van der Waals surface area contributed by atoms with Gasteiger partial charge in [-0.25, -0.2) is 18.6 Å². The molecule has 3 N–H and O–H groups in total. The number of halogens is 2. The Morgan fingerprint density at radius 3 is 2.70 bits per heavy atom. The second kappa shape index (κ2) is 13.1. The van der Waals surface area contributed by atoms with E-state index in [-0.39, 0.29) is 41.5 Å². The maximum absolute atomic E-state index is 15.2. The van der Waals surface area contributed by atoms with Crippen molar-refractivity contribution in [3.05, 3.63) is 40.4 Å². The van der Waals surface area contributed by atoms with E-state index in [2.05, 4.69) is 49.8 Å². The predicted molar refractivity (Wildman–Crippen MR) is 146 cm³/mol. The van der Waals surface area contributed by atoms with Crippen LogP contribution in [0.15, 0.2) is 23.1 Å². The summed E-state index contributed by atoms with van der Waals surface area (Å²) in [4.78, 5) is 23.3. The Bertz CT molecular complexity index is 1350. The highest BCUT2D eigenvalue weighted by Crippen LogP contribution is 2.31. The summed E-state index contributed by atoms with van der Waals surface area (Å²) in [6, 6.07) is 2.80. The molecule has 2 aromatic heterocycles. The van der Waals surface area contributed by atoms with Crippen LogP contribution in [0.3, 0.4) is 0 Å². The summed E-state index contributed by atoms with van der Waals surface area (Å²) in [6.45, 7) is 7.67. The topological polar surface area (TPSA) is 135 Å². The van der Waals surface area contributed by atoms with Crippen LogP contribution in [-0.2, 0) is 7.05 Å². The summed E-state index contributed by atoms with van der Waals surface area (Å²) in [5.74, 6) is -1.39. The van der Waals surface area contributed by atoms with Crippen LogP contribution >= 0.6 is 0 Å². The van der Waals surface area contributed by atoms with Crippen LogP contribution in [0.2, 0.25) is 0 Å². The van der Waals surface area contributed by atoms with Crippen molar-refractivity contribution in [1.29, 1.82) is 0 Å². The highest BCUT2D eigenvalue weighted by molar-refractivity contribution is 5.63. The lowest BCUT2D eigenvalue weighted by atomic mass is 10.0. The Kier molecular flexibility index (Phi) is 9.63. The zero-order valence-electron chi connectivity index (χ0n) is 23.3. The van der Waals surface area contributed by atoms with Crippen LogP contribution < -0.4 is 21.1 Å². The normalized spacial score (nSPS) is 17.1. The maximum Gasteiger partial charge on any atom is 0.368 e. The van der Waals surface area contributed by atoms with E-state index >= 15 is 4.39 Å². The summed E-state index contributed by atoms with van der Waals surface area (Å²) >= 11 is 0. The average Bonchev–Trinajstić information content (AvgIpc) is 3.51. The minimum absolute atomic E-state index is 0.0108. The molecule has 0 radical (unpaired) electrons. The van der Waals surface area contributed by atoms with E-state index < -0.39 is 23.4 Å². The highest BCUT2D eigenvalue weighted by atomic mass is 19.1. The molecule has 0 unspecified atom stereocenters. The molecule has 1 aromatic carbocycles. The number of aliphatic hydroxyl groups excluding tert-OH is 1. The molecule has 1 aliphatic heterocycles. The first-order chi connectivity index (χ1) is 19.2. The third-order valence-corrected chi connectivity index (χ3v) is 6.91. The van der Waals surface area contributed by atoms with Crippen molar-refractivity contribution in [2.24, 2.45) is 7.05 Å². The molecule has 0 bridgehead atoms. The number of likely N-dealkylation sites (tertiary alicyclic amines) is 1. The van der Waals surface area contributed by atoms with Crippen LogP contribution in [0.25, 0.3) is 5.69 Å². The van der Waals surface area contributed by atoms with Crippen LogP contribution in [-0.4, -0.2) is 77.6 Å². The van der Waals surface area contributed by atoms with E-state index in [0.29, 0.717) is 6.04 Å². The number of nitrogens with zero attached hydrogens (tertiary/aromatic N) is 7. The van der Waals surface area contributed by atoms with Crippen molar-refractivity contribution in [2.45, 2.75) is 71.1 Å². The highest BCUT2D eigenvalue weighted by Gasteiger charge is 2.26. The lowest BCUT2D eigenvalue weighted by Crippen LogP contribution is -2.35. The van der Waals surface area contributed by atoms with Gasteiger partial charge >= 0.3 is 5.69 Å². The molecule has 1 fully saturated rings. The van der Waals surface area contributed by atoms with Gasteiger partial charge in [0.25, 0.3) is 0 Å². The smallest absolute Gasteiger partial charge is 0.368 e. The zero-order valence-corrected chi connectivity index (χ0v) is 23.3. The molecule has 3 atom stereocenters. The molecule has 0 aliphatic carbocycles. The Morgan fingerprint density at radius 1 is 1.23 bits per heavy atom. The number of aromatic nitrogens is 6. The average molecular weight is 562 g/mol. The number of rotatable bonds is 13. The lowest BCUT2D eigenvalue weighted by Gasteiger charge is -2.28. The molecule has 40 heavy (non-hydrogen) atoms. The van der Waals surface area contributed by atoms with Crippen LogP contribution in [0, 0.1) is 11.6 Å². The molecule has 3 aromatic rings. The van der Waals surface area contributed by atoms with Gasteiger partial charge in [0.05, 0.1) is 18.0 Å². The first-order valence-electron chi connectivity index (χ1n) is 13.6. The Balaban J connectivity index is 1.60. The fraction of sp³-hybridized carbons (Fsp3) is 0.577. The number of hydrogen-bond donors (Lipinski definition) is 3. The summed E-state index contributed by atoms with van der Waals surface area (Å²) in [7, 11) is 1.42. The molecule has 0 spiro atoms. The molecule has 0 amide bonds. The standard InChI is InChI=1S/C26H37F2N9O3/c1-5-8-17(11-18-9-7-10-36(18)6-2)30-24-20(28)14-29-25(32-24)31-21-13-22(37-26(39)35(4)33-34-37)23(12-19(21)27)40-15-16(3)38/h12-14,16-18,38H,5-11,15H2,1-4H3,(H2,29,30,31,32)/t16-,17-,18-/m0/s1. The van der Waals surface area contributed by atoms with Gasteiger partial charge in [-0.15, -0.1) is 0 Å². The minimum atomic E-state index is -0.832. The number of anilines is 3. The number of benzene rings is 1. The number of aryl methyl sites for hydroxylation is 1. The van der Waals surface area contributed by atoms with Gasteiger partial charge in [-0.3, -0.25) is 0 Å². The molecule has 1 saturated heterocycles. The number of aliphatic hydroxyl groups is 1. The molecule has 12 nitrogen and oxygen atoms in total. The van der Waals surface area contributed by atoms with Gasteiger partial charge in [0.1, 0.15) is 18.0 Å². The number of nitrogens with one attached hydrogen (secondary N) is 2. The van der Waals surface area contributed by atoms with Gasteiger partial charge in [-0.05, 0) is 62.2 Å². The van der Waals surface area contributed by atoms with Crippen LogP contribution in [0.1, 0.15) is 52.9 Å². The molecular weight excluding hydrogens is 524 g/mol. The molecule has 0 saturated carbocycles. The number of hydrogen-bond acceptors (Lipinski definition) is 10. The van der Waals surface area contributed by atoms with E-state index in [9.17, 15) is 14.3 Å². The second-order valence-electron chi connectivity index (χ2n) is 10.1. The van der Waals surface area contributed by atoms with Crippen molar-refractivity contribution >= 4 is 17.5 Å². The molecule has 218 valence electrons. The fourth-order valence-corrected chi connectivity index (χ4v) is 4.94. The van der Waals surface area contributed by atoms with Gasteiger partial charge in [0.2, 0.25) is 5.95 Å². The SMILES string of the molecule is CCC[C@@H](C[C@@H]1CCCN1CC)Nc1nc(Nc2cc(-n3nnn(C)c3=O)c(OC[C@H](C)O)cc2F)ncc1F. The summed E-state index contributed by atoms with van der Waals surface area (Å²) in [5, 5.41) is 23.1. The van der Waals surface area contributed by atoms with Crippen LogP contribution in [0.4, 0.5) is 26.2 Å². The van der Waals surface area contributed by atoms with Crippen molar-refractivity contribution in [3.63, 3.8) is 0 Å². The first kappa shape index (κ1) is 29.3. The van der Waals surface area contributed by atoms with Gasteiger partial charge in [0, 0.05) is 25.2 Å². The van der Waals surface area contributed by atoms with E-state index in [0.717, 1.165) is 66.8 Å². The van der Waals surface area contributed by atoms with E-state index in [1.807, 2.05) is 0 Å². The lowest BCUT2D eigenvalue weighted by molar-refractivity contribution is 0.122. The monoisotopic (exact) mass is 561 g/mol. The predicted octanol–water partition coefficient (Wildman–Crippen LogP) is 2.99. The van der Waals surface area contributed by atoms with Gasteiger partial charge in [0.15, 0.2) is 17.5 Å². The molecule has 3 heterocycles. The van der Waals surface area contributed by atoms with E-state index in [1.165, 1.54) is 20.0 Å². The third kappa shape index (κ3) is 6.91. The third-order valence-electron chi connectivity index (χ3n) is 6.91. The molecule has 4 rings (SSSR count). The maximum atomic E-state index is 15.2. The Morgan fingerprint density at radius 2 is 2.02 bits per heavy atom. The summed E-state index contributed by atoms with van der Waals surface area (Å²) in [6.07, 6.45) is 5.10. The summed E-state index contributed by atoms with van der Waals surface area (Å²) < 4.78 is 37.4. The van der Waals surface area contributed by atoms with Crippen LogP contribution in [0.5, 0.6) is 5.75 Å². The minimum Gasteiger partial charge on any atom is -0.489 e. The molecule has 14 heteroatoms. The first-order valence-corrected chi connectivity index (χ1v) is 13.6. The van der Waals surface area contributed by atoms with Gasteiger partial charge in [-0.2, -0.15) is 14.3 Å². The van der Waals surface area contributed by atoms with Gasteiger partial charge < -0.3 is 25.4 Å². The second-order valence-corrected chi connectivity index (χ2v) is 10.1. The van der Waals surface area contributed by atoms with E-state index in [1.54, 1.807) is 0 Å². The van der Waals surface area contributed by atoms with E-state index in [4.69, 9.17) is 4.74 Å². The summed E-state index contributed by atoms with van der Waals surface area (Å²) in [5.41, 5.74) is -0.595. The van der Waals surface area contributed by atoms with Crippen molar-refractivity contribution in [1.82, 2.24) is 34.7 Å². The quantitative estimate of drug-likeness (QED) is 0.286. The largest absolute Gasteiger partial charge is 0.489 e. The molecule has 1 aliphatic rings. The number of ether oxygens (including phenoxy) is 1. The molecular formula is C26H37F2N9O3. The Hall–Kier alpha value is -3.65. The van der Waals surface area contributed by atoms with Crippen molar-refractivity contribution in [3.8, 4) is 11.4 Å². The Labute approximate surface area is 231 Å². The van der Waals surface area contributed by atoms with Crippen molar-refractivity contribution in [2.75, 3.05) is 30.3 Å². The zero-order chi connectivity index (χ0) is 28.8. The number of tetrazole rings is 1. The van der Waals surface area contributed by atoms with Crippen molar-refractivity contribution < 1.29 is 18.6 Å². The fourth-order valence-electron chi connectivity index (χ4n) is 4.94. The van der Waals surface area contributed by atoms with Gasteiger partial charge in [-0.1, -0.05) is 20.3 Å².